The molecule has 0 saturated heterocycles. The van der Waals surface area contributed by atoms with Gasteiger partial charge in [-0.1, -0.05) is 32.5 Å². The molecule has 0 rings (SSSR count). The summed E-state index contributed by atoms with van der Waals surface area (Å²) in [7, 11) is 0. The van der Waals surface area contributed by atoms with E-state index in [1.54, 1.807) is 13.8 Å². The number of rotatable bonds is 7. The van der Waals surface area contributed by atoms with Gasteiger partial charge in [0.25, 0.3) is 0 Å². The highest BCUT2D eigenvalue weighted by Crippen LogP contribution is 2.22. The van der Waals surface area contributed by atoms with Crippen LogP contribution in [-0.2, 0) is 19.2 Å². The van der Waals surface area contributed by atoms with E-state index >= 15 is 0 Å². The zero-order chi connectivity index (χ0) is 14.2. The Hall–Kier alpha value is -0.590. The second kappa shape index (κ2) is 8.50. The third kappa shape index (κ3) is 9.44. The van der Waals surface area contributed by atoms with Crippen molar-refractivity contribution >= 4 is 22.8 Å². The fourth-order valence-corrected chi connectivity index (χ4v) is 1.66. The van der Waals surface area contributed by atoms with Gasteiger partial charge in [0.05, 0.1) is 12.7 Å². The summed E-state index contributed by atoms with van der Waals surface area (Å²) in [4.78, 5) is 27.7. The Morgan fingerprint density at radius 2 is 1.89 bits per heavy atom. The molecule has 0 unspecified atom stereocenters. The SMILES string of the molecule is CC(C)OC(=O)CNOCCSC(=O)C(C)(C)C. The molecule has 0 atom stereocenters. The maximum atomic E-state index is 11.5. The number of thioether (sulfide) groups is 1. The minimum absolute atomic E-state index is 0.00998. The molecule has 1 N–H and O–H groups in total. The van der Waals surface area contributed by atoms with Gasteiger partial charge in [0.15, 0.2) is 5.12 Å². The van der Waals surface area contributed by atoms with Gasteiger partial charge in [0, 0.05) is 11.2 Å². The van der Waals surface area contributed by atoms with Crippen molar-refractivity contribution < 1.29 is 19.2 Å². The first-order chi connectivity index (χ1) is 8.23. The molecule has 6 heteroatoms. The maximum absolute atomic E-state index is 11.5. The molecular weight excluding hydrogens is 254 g/mol. The Labute approximate surface area is 113 Å². The minimum Gasteiger partial charge on any atom is -0.462 e. The molecule has 0 aromatic heterocycles. The lowest BCUT2D eigenvalue weighted by atomic mass is 10.00. The van der Waals surface area contributed by atoms with Crippen LogP contribution in [0.25, 0.3) is 0 Å². The van der Waals surface area contributed by atoms with E-state index in [-0.39, 0.29) is 29.1 Å². The number of carbonyl (C=O) groups is 2. The summed E-state index contributed by atoms with van der Waals surface area (Å²) in [5, 5.41) is 0.130. The highest BCUT2D eigenvalue weighted by Gasteiger charge is 2.21. The van der Waals surface area contributed by atoms with Crippen LogP contribution in [-0.4, -0.2) is 36.1 Å². The maximum Gasteiger partial charge on any atom is 0.322 e. The van der Waals surface area contributed by atoms with Crippen LogP contribution in [0.15, 0.2) is 0 Å². The van der Waals surface area contributed by atoms with E-state index < -0.39 is 0 Å². The predicted molar refractivity (Wildman–Crippen MR) is 72.1 cm³/mol. The van der Waals surface area contributed by atoms with Crippen molar-refractivity contribution in [2.75, 3.05) is 18.9 Å². The number of hydrogen-bond acceptors (Lipinski definition) is 6. The van der Waals surface area contributed by atoms with Crippen LogP contribution in [0.1, 0.15) is 34.6 Å². The quantitative estimate of drug-likeness (QED) is 0.434. The number of ether oxygens (including phenoxy) is 1. The monoisotopic (exact) mass is 277 g/mol. The van der Waals surface area contributed by atoms with Gasteiger partial charge in [-0.3, -0.25) is 9.59 Å². The summed E-state index contributed by atoms with van der Waals surface area (Å²) in [6, 6.07) is 0. The Bertz CT molecular complexity index is 274. The van der Waals surface area contributed by atoms with Crippen LogP contribution < -0.4 is 5.48 Å². The molecule has 0 aliphatic carbocycles. The van der Waals surface area contributed by atoms with Gasteiger partial charge in [-0.2, -0.15) is 5.48 Å². The third-order valence-corrected chi connectivity index (χ3v) is 2.96. The van der Waals surface area contributed by atoms with E-state index in [9.17, 15) is 9.59 Å². The van der Waals surface area contributed by atoms with Gasteiger partial charge < -0.3 is 9.57 Å². The average Bonchev–Trinajstić information content (AvgIpc) is 2.20. The molecule has 0 saturated carbocycles. The van der Waals surface area contributed by atoms with E-state index in [1.165, 1.54) is 11.8 Å². The second-order valence-corrected chi connectivity index (χ2v) is 6.16. The Kier molecular flexibility index (Phi) is 8.22. The van der Waals surface area contributed by atoms with Gasteiger partial charge >= 0.3 is 5.97 Å². The molecule has 0 aliphatic rings. The lowest BCUT2D eigenvalue weighted by Crippen LogP contribution is -2.27. The van der Waals surface area contributed by atoms with E-state index in [0.29, 0.717) is 12.4 Å². The molecule has 18 heavy (non-hydrogen) atoms. The van der Waals surface area contributed by atoms with Crippen LogP contribution in [0.2, 0.25) is 0 Å². The molecule has 106 valence electrons. The van der Waals surface area contributed by atoms with Crippen LogP contribution >= 0.6 is 11.8 Å². The molecular formula is C12H23NO4S. The van der Waals surface area contributed by atoms with Crippen molar-refractivity contribution in [1.82, 2.24) is 5.48 Å². The Morgan fingerprint density at radius 1 is 1.28 bits per heavy atom. The molecule has 0 fully saturated rings. The zero-order valence-electron chi connectivity index (χ0n) is 11.7. The smallest absolute Gasteiger partial charge is 0.322 e. The lowest BCUT2D eigenvalue weighted by Gasteiger charge is -2.15. The van der Waals surface area contributed by atoms with E-state index in [1.807, 2.05) is 20.8 Å². The highest BCUT2D eigenvalue weighted by molar-refractivity contribution is 8.13. The van der Waals surface area contributed by atoms with Crippen LogP contribution in [0.5, 0.6) is 0 Å². The van der Waals surface area contributed by atoms with Gasteiger partial charge in [-0.15, -0.1) is 0 Å². The molecule has 0 aromatic rings. The number of carbonyl (C=O) groups excluding carboxylic acids is 2. The summed E-state index contributed by atoms with van der Waals surface area (Å²) in [6.45, 7) is 9.58. The normalized spacial score (nSPS) is 11.7. The third-order valence-electron chi connectivity index (χ3n) is 1.72. The average molecular weight is 277 g/mol. The Morgan fingerprint density at radius 3 is 2.39 bits per heavy atom. The van der Waals surface area contributed by atoms with Crippen molar-refractivity contribution in [3.63, 3.8) is 0 Å². The van der Waals surface area contributed by atoms with E-state index in [0.717, 1.165) is 0 Å². The van der Waals surface area contributed by atoms with E-state index in [4.69, 9.17) is 9.57 Å². The van der Waals surface area contributed by atoms with Crippen molar-refractivity contribution in [3.05, 3.63) is 0 Å². The molecule has 0 radical (unpaired) electrons. The molecule has 5 nitrogen and oxygen atoms in total. The van der Waals surface area contributed by atoms with Gasteiger partial charge in [-0.05, 0) is 13.8 Å². The first-order valence-corrected chi connectivity index (χ1v) is 6.93. The summed E-state index contributed by atoms with van der Waals surface area (Å²) >= 11 is 1.23. The largest absolute Gasteiger partial charge is 0.462 e. The fraction of sp³-hybridized carbons (Fsp3) is 0.833. The second-order valence-electron chi connectivity index (χ2n) is 5.09. The number of esters is 1. The number of hydrogen-bond donors (Lipinski definition) is 1. The minimum atomic E-state index is -0.358. The first-order valence-electron chi connectivity index (χ1n) is 5.95. The summed E-state index contributed by atoms with van der Waals surface area (Å²) in [6.07, 6.45) is -0.126. The van der Waals surface area contributed by atoms with Crippen LogP contribution in [0.4, 0.5) is 0 Å². The van der Waals surface area contributed by atoms with Crippen molar-refractivity contribution in [1.29, 1.82) is 0 Å². The molecule has 0 aromatic carbocycles. The fourth-order valence-electron chi connectivity index (χ4n) is 0.879. The van der Waals surface area contributed by atoms with Crippen LogP contribution in [0, 0.1) is 5.41 Å². The molecule has 0 heterocycles. The Balaban J connectivity index is 3.47. The predicted octanol–water partition coefficient (Wildman–Crippen LogP) is 1.77. The summed E-state index contributed by atoms with van der Waals surface area (Å²) in [5.74, 6) is 0.200. The van der Waals surface area contributed by atoms with Gasteiger partial charge in [0.2, 0.25) is 0 Å². The van der Waals surface area contributed by atoms with Crippen molar-refractivity contribution in [2.45, 2.75) is 40.7 Å². The molecule has 0 aliphatic heterocycles. The molecule has 0 bridgehead atoms. The van der Waals surface area contributed by atoms with Gasteiger partial charge in [-0.25, -0.2) is 0 Å². The van der Waals surface area contributed by atoms with E-state index in [2.05, 4.69) is 5.48 Å². The summed E-state index contributed by atoms with van der Waals surface area (Å²) in [5.41, 5.74) is 2.17. The molecule has 0 amide bonds. The first kappa shape index (κ1) is 17.4. The van der Waals surface area contributed by atoms with Crippen molar-refractivity contribution in [2.24, 2.45) is 5.41 Å². The van der Waals surface area contributed by atoms with Gasteiger partial charge in [0.1, 0.15) is 6.54 Å². The standard InChI is InChI=1S/C12H23NO4S/c1-9(2)17-10(14)8-13-16-6-7-18-11(15)12(3,4)5/h9,13H,6-8H2,1-5H3. The zero-order valence-corrected chi connectivity index (χ0v) is 12.6. The summed E-state index contributed by atoms with van der Waals surface area (Å²) < 4.78 is 4.90. The lowest BCUT2D eigenvalue weighted by molar-refractivity contribution is -0.149. The molecule has 0 spiro atoms. The highest BCUT2D eigenvalue weighted by atomic mass is 32.2. The topological polar surface area (TPSA) is 64.6 Å². The number of nitrogens with one attached hydrogen (secondary N) is 1. The van der Waals surface area contributed by atoms with Crippen LogP contribution in [0.3, 0.4) is 0 Å². The number of hydroxylamine groups is 1. The van der Waals surface area contributed by atoms with Crippen molar-refractivity contribution in [3.8, 4) is 0 Å².